The van der Waals surface area contributed by atoms with Gasteiger partial charge in [-0.25, -0.2) is 0 Å². The molecule has 126 valence electrons. The zero-order valence-electron chi connectivity index (χ0n) is 13.5. The monoisotopic (exact) mass is 366 g/mol. The fourth-order valence-corrected chi connectivity index (χ4v) is 1.80. The van der Waals surface area contributed by atoms with Gasteiger partial charge in [0.1, 0.15) is 0 Å². The normalized spacial score (nSPS) is 11.3. The van der Waals surface area contributed by atoms with Crippen LogP contribution in [0, 0.1) is 0 Å². The number of aliphatic hydroxyl groups is 1. The van der Waals surface area contributed by atoms with Gasteiger partial charge in [-0.05, 0) is 0 Å². The molecule has 0 bridgehead atoms. The van der Waals surface area contributed by atoms with E-state index >= 15 is 0 Å². The minimum Gasteiger partial charge on any atom is -0.549 e. The molecule has 0 aromatic rings. The fourth-order valence-electron chi connectivity index (χ4n) is 1.80. The summed E-state index contributed by atoms with van der Waals surface area (Å²) >= 11 is 0. The molecular weight excluding hydrogens is 350 g/mol. The maximum absolute atomic E-state index is 10.7. The summed E-state index contributed by atoms with van der Waals surface area (Å²) in [7, 11) is 0. The Labute approximate surface area is 181 Å². The molecule has 0 heterocycles. The van der Waals surface area contributed by atoms with Crippen LogP contribution >= 0.6 is 0 Å². The third-order valence-electron chi connectivity index (χ3n) is 2.58. The number of carbonyl (C=O) groups excluding carboxylic acids is 2. The van der Waals surface area contributed by atoms with E-state index in [4.69, 9.17) is 10.2 Å². The third kappa shape index (κ3) is 14.1. The zero-order valence-corrected chi connectivity index (χ0v) is 17.5. The van der Waals surface area contributed by atoms with Gasteiger partial charge in [-0.15, -0.1) is 0 Å². The predicted octanol–water partition coefficient (Wildman–Crippen LogP) is -11.4. The van der Waals surface area contributed by atoms with Crippen LogP contribution < -0.4 is 69.3 Å². The number of carboxylic acids is 4. The molecule has 1 unspecified atom stereocenters. The number of rotatable bonds is 12. The van der Waals surface area contributed by atoms with Crippen molar-refractivity contribution in [2.75, 3.05) is 39.3 Å². The van der Waals surface area contributed by atoms with E-state index in [0.29, 0.717) is 0 Å². The van der Waals surface area contributed by atoms with Gasteiger partial charge in [0.15, 0.2) is 0 Å². The Kier molecular flexibility index (Phi) is 17.9. The van der Waals surface area contributed by atoms with Crippen LogP contribution in [-0.2, 0) is 19.2 Å². The molecule has 24 heavy (non-hydrogen) atoms. The van der Waals surface area contributed by atoms with Gasteiger partial charge in [-0.3, -0.25) is 19.4 Å². The Hall–Kier alpha value is -0.240. The van der Waals surface area contributed by atoms with Crippen molar-refractivity contribution in [1.82, 2.24) is 9.80 Å². The molecule has 0 saturated carbocycles. The van der Waals surface area contributed by atoms with Gasteiger partial charge in [-0.1, -0.05) is 0 Å². The summed E-state index contributed by atoms with van der Waals surface area (Å²) in [5, 5.41) is 47.8. The number of carboxylic acid groups (broad SMARTS) is 4. The van der Waals surface area contributed by atoms with Crippen molar-refractivity contribution in [2.45, 2.75) is 6.04 Å². The fraction of sp³-hybridized carbons (Fsp3) is 0.636. The molecule has 0 aliphatic carbocycles. The van der Waals surface area contributed by atoms with Crippen molar-refractivity contribution in [3.63, 3.8) is 0 Å². The Morgan fingerprint density at radius 1 is 0.833 bits per heavy atom. The van der Waals surface area contributed by atoms with Gasteiger partial charge in [0, 0.05) is 25.7 Å². The number of hydrogen-bond donors (Lipinski definition) is 3. The smallest absolute Gasteiger partial charge is 0.549 e. The van der Waals surface area contributed by atoms with Crippen LogP contribution in [0.1, 0.15) is 0 Å². The molecule has 1 atom stereocenters. The molecule has 0 amide bonds. The Bertz CT molecular complexity index is 404. The van der Waals surface area contributed by atoms with Gasteiger partial charge >= 0.3 is 71.1 Å². The number of carbonyl (C=O) groups is 4. The molecule has 0 spiro atoms. The van der Waals surface area contributed by atoms with Gasteiger partial charge in [0.2, 0.25) is 0 Å². The molecule has 3 N–H and O–H groups in total. The van der Waals surface area contributed by atoms with Gasteiger partial charge < -0.3 is 35.1 Å². The standard InChI is InChI=1S/C11H18N2O9.2Na/c14-6-7(13(4-10(19)20)5-11(21)22)1-12(2-8(15)16)3-9(17)18;;/h7,14H,1-6H2,(H,15,16)(H,17,18)(H,19,20)(H,21,22);;/q;2*+1/p-2. The second-order valence-electron chi connectivity index (χ2n) is 4.44. The molecule has 0 fully saturated rings. The van der Waals surface area contributed by atoms with Gasteiger partial charge in [-0.2, -0.15) is 0 Å². The molecule has 0 saturated heterocycles. The largest absolute Gasteiger partial charge is 1.00 e. The molecule has 0 aromatic carbocycles. The number of aliphatic carboxylic acids is 4. The van der Waals surface area contributed by atoms with E-state index in [0.717, 1.165) is 9.80 Å². The Morgan fingerprint density at radius 3 is 1.46 bits per heavy atom. The molecule has 0 aliphatic heterocycles. The SMILES string of the molecule is O=C([O-])CN(CC(=O)[O-])C(CO)CN(CC(=O)O)CC(=O)O.[Na+].[Na+]. The summed E-state index contributed by atoms with van der Waals surface area (Å²) in [5.74, 6) is -5.88. The van der Waals surface area contributed by atoms with Crippen molar-refractivity contribution >= 4 is 23.9 Å². The first-order valence-corrected chi connectivity index (χ1v) is 6.06. The van der Waals surface area contributed by atoms with E-state index in [9.17, 15) is 34.5 Å². The van der Waals surface area contributed by atoms with Crippen LogP contribution in [0.2, 0.25) is 0 Å². The van der Waals surface area contributed by atoms with Crippen LogP contribution in [0.3, 0.4) is 0 Å². The zero-order chi connectivity index (χ0) is 17.3. The van der Waals surface area contributed by atoms with Crippen molar-refractivity contribution in [1.29, 1.82) is 0 Å². The third-order valence-corrected chi connectivity index (χ3v) is 2.58. The van der Waals surface area contributed by atoms with Crippen LogP contribution in [0.25, 0.3) is 0 Å². The van der Waals surface area contributed by atoms with Crippen molar-refractivity contribution < 1.29 is 104 Å². The minimum absolute atomic E-state index is 0. The second-order valence-corrected chi connectivity index (χ2v) is 4.44. The number of nitrogens with zero attached hydrogens (tertiary/aromatic N) is 2. The number of hydrogen-bond acceptors (Lipinski definition) is 9. The molecule has 0 aromatic heterocycles. The quantitative estimate of drug-likeness (QED) is 0.279. The van der Waals surface area contributed by atoms with Crippen molar-refractivity contribution in [3.05, 3.63) is 0 Å². The first-order valence-electron chi connectivity index (χ1n) is 6.06. The Balaban J connectivity index is -0.00000220. The molecular formula is C11H16N2Na2O9. The Morgan fingerprint density at radius 2 is 1.21 bits per heavy atom. The topological polar surface area (TPSA) is 182 Å². The van der Waals surface area contributed by atoms with E-state index in [2.05, 4.69) is 0 Å². The van der Waals surface area contributed by atoms with E-state index in [1.54, 1.807) is 0 Å². The van der Waals surface area contributed by atoms with Gasteiger partial charge in [0.05, 0.1) is 31.6 Å². The van der Waals surface area contributed by atoms with Crippen molar-refractivity contribution in [3.8, 4) is 0 Å². The van der Waals surface area contributed by atoms with Crippen LogP contribution in [0.15, 0.2) is 0 Å². The van der Waals surface area contributed by atoms with Crippen molar-refractivity contribution in [2.24, 2.45) is 0 Å². The summed E-state index contributed by atoms with van der Waals surface area (Å²) in [6.45, 7) is -4.10. The minimum atomic E-state index is -1.61. The van der Waals surface area contributed by atoms with Crippen LogP contribution in [0.5, 0.6) is 0 Å². The first-order chi connectivity index (χ1) is 10.1. The number of aliphatic hydroxyl groups excluding tert-OH is 1. The summed E-state index contributed by atoms with van der Waals surface area (Å²) in [6.07, 6.45) is 0. The average molecular weight is 366 g/mol. The summed E-state index contributed by atoms with van der Waals surface area (Å²) < 4.78 is 0. The molecule has 0 radical (unpaired) electrons. The van der Waals surface area contributed by atoms with E-state index < -0.39 is 62.7 Å². The summed E-state index contributed by atoms with van der Waals surface area (Å²) in [5.41, 5.74) is 0. The second kappa shape index (κ2) is 15.0. The average Bonchev–Trinajstić information content (AvgIpc) is 2.32. The predicted molar refractivity (Wildman–Crippen MR) is 64.2 cm³/mol. The summed E-state index contributed by atoms with van der Waals surface area (Å²) in [4.78, 5) is 44.3. The maximum Gasteiger partial charge on any atom is 1.00 e. The van der Waals surface area contributed by atoms with Gasteiger partial charge in [0.25, 0.3) is 0 Å². The first kappa shape index (κ1) is 28.6. The maximum atomic E-state index is 10.7. The summed E-state index contributed by atoms with van der Waals surface area (Å²) in [6, 6.07) is -1.12. The van der Waals surface area contributed by atoms with Crippen LogP contribution in [-0.4, -0.2) is 94.4 Å². The van der Waals surface area contributed by atoms with E-state index in [-0.39, 0.29) is 65.7 Å². The molecule has 11 nitrogen and oxygen atoms in total. The van der Waals surface area contributed by atoms with Crippen LogP contribution in [0.4, 0.5) is 0 Å². The molecule has 0 aliphatic rings. The van der Waals surface area contributed by atoms with E-state index in [1.165, 1.54) is 0 Å². The molecule has 0 rings (SSSR count). The molecule has 13 heteroatoms. The van der Waals surface area contributed by atoms with E-state index in [1.807, 2.05) is 0 Å².